The van der Waals surface area contributed by atoms with E-state index in [0.29, 0.717) is 6.04 Å². The van der Waals surface area contributed by atoms with E-state index in [1.165, 1.54) is 0 Å². The topological polar surface area (TPSA) is 41.6 Å². The number of carbonyl (C=O) groups excluding carboxylic acids is 1. The fourth-order valence-electron chi connectivity index (χ4n) is 2.17. The fraction of sp³-hybridized carbons (Fsp3) is 0.923. The summed E-state index contributed by atoms with van der Waals surface area (Å²) in [5, 5.41) is 2.83. The van der Waals surface area contributed by atoms with E-state index in [4.69, 9.17) is 4.74 Å². The third-order valence-corrected chi connectivity index (χ3v) is 3.12. The molecule has 0 unspecified atom stereocenters. The molecule has 0 aromatic carbocycles. The maximum atomic E-state index is 11.6. The van der Waals surface area contributed by atoms with Gasteiger partial charge in [-0.05, 0) is 60.5 Å². The second-order valence-corrected chi connectivity index (χ2v) is 6.17. The van der Waals surface area contributed by atoms with E-state index in [2.05, 4.69) is 24.3 Å². The Labute approximate surface area is 105 Å². The SMILES string of the molecule is CN(C)C1CCC(OC(=O)NC(C)(C)C)CC1. The minimum absolute atomic E-state index is 0.0912. The van der Waals surface area contributed by atoms with Crippen LogP contribution in [0.1, 0.15) is 46.5 Å². The molecule has 4 nitrogen and oxygen atoms in total. The average Bonchev–Trinajstić information content (AvgIpc) is 2.15. The summed E-state index contributed by atoms with van der Waals surface area (Å²) < 4.78 is 5.43. The van der Waals surface area contributed by atoms with Gasteiger partial charge in [0.25, 0.3) is 0 Å². The van der Waals surface area contributed by atoms with E-state index < -0.39 is 0 Å². The molecule has 1 aliphatic carbocycles. The van der Waals surface area contributed by atoms with E-state index in [0.717, 1.165) is 25.7 Å². The molecular formula is C13H26N2O2. The van der Waals surface area contributed by atoms with Crippen LogP contribution < -0.4 is 5.32 Å². The van der Waals surface area contributed by atoms with Crippen LogP contribution in [0.2, 0.25) is 0 Å². The van der Waals surface area contributed by atoms with Crippen molar-refractivity contribution in [1.29, 1.82) is 0 Å². The van der Waals surface area contributed by atoms with Gasteiger partial charge in [0.05, 0.1) is 0 Å². The van der Waals surface area contributed by atoms with Crippen molar-refractivity contribution in [3.63, 3.8) is 0 Å². The summed E-state index contributed by atoms with van der Waals surface area (Å²) in [5.41, 5.74) is -0.224. The Balaban J connectivity index is 2.29. The van der Waals surface area contributed by atoms with Crippen LogP contribution >= 0.6 is 0 Å². The summed E-state index contributed by atoms with van der Waals surface area (Å²) in [7, 11) is 4.22. The lowest BCUT2D eigenvalue weighted by molar-refractivity contribution is 0.0533. The van der Waals surface area contributed by atoms with Crippen molar-refractivity contribution in [3.8, 4) is 0 Å². The molecule has 1 saturated carbocycles. The highest BCUT2D eigenvalue weighted by Gasteiger charge is 2.25. The van der Waals surface area contributed by atoms with Gasteiger partial charge in [0, 0.05) is 11.6 Å². The van der Waals surface area contributed by atoms with E-state index in [1.807, 2.05) is 20.8 Å². The highest BCUT2D eigenvalue weighted by atomic mass is 16.6. The summed E-state index contributed by atoms with van der Waals surface area (Å²) in [6.07, 6.45) is 3.97. The number of rotatable bonds is 2. The standard InChI is InChI=1S/C13H26N2O2/c1-13(2,3)14-12(16)17-11-8-6-10(7-9-11)15(4)5/h10-11H,6-9H2,1-5H3,(H,14,16). The summed E-state index contributed by atoms with van der Waals surface area (Å²) in [6, 6.07) is 0.639. The minimum Gasteiger partial charge on any atom is -0.446 e. The molecule has 0 heterocycles. The van der Waals surface area contributed by atoms with Gasteiger partial charge in [-0.15, -0.1) is 0 Å². The first-order valence-electron chi connectivity index (χ1n) is 6.43. The van der Waals surface area contributed by atoms with Crippen molar-refractivity contribution >= 4 is 6.09 Å². The van der Waals surface area contributed by atoms with Crippen LogP contribution in [-0.2, 0) is 4.74 Å². The van der Waals surface area contributed by atoms with Gasteiger partial charge in [0.15, 0.2) is 0 Å². The van der Waals surface area contributed by atoms with Crippen LogP contribution in [0.4, 0.5) is 4.79 Å². The van der Waals surface area contributed by atoms with Gasteiger partial charge in [-0.1, -0.05) is 0 Å². The van der Waals surface area contributed by atoms with Gasteiger partial charge in [-0.3, -0.25) is 0 Å². The summed E-state index contributed by atoms with van der Waals surface area (Å²) in [6.45, 7) is 5.87. The summed E-state index contributed by atoms with van der Waals surface area (Å²) >= 11 is 0. The highest BCUT2D eigenvalue weighted by Crippen LogP contribution is 2.23. The number of alkyl carbamates (subject to hydrolysis) is 1. The number of nitrogens with zero attached hydrogens (tertiary/aromatic N) is 1. The Kier molecular flexibility index (Phi) is 4.80. The molecule has 1 fully saturated rings. The molecule has 1 aliphatic rings. The molecule has 0 radical (unpaired) electrons. The van der Waals surface area contributed by atoms with Gasteiger partial charge in [0.2, 0.25) is 0 Å². The monoisotopic (exact) mass is 242 g/mol. The van der Waals surface area contributed by atoms with Gasteiger partial charge >= 0.3 is 6.09 Å². The van der Waals surface area contributed by atoms with E-state index in [1.54, 1.807) is 0 Å². The molecule has 0 atom stereocenters. The van der Waals surface area contributed by atoms with Gasteiger partial charge in [-0.2, -0.15) is 0 Å². The largest absolute Gasteiger partial charge is 0.446 e. The van der Waals surface area contributed by atoms with Crippen LogP contribution in [0.3, 0.4) is 0 Å². The first-order chi connectivity index (χ1) is 7.78. The molecule has 1 amide bonds. The smallest absolute Gasteiger partial charge is 0.407 e. The molecule has 0 bridgehead atoms. The van der Waals surface area contributed by atoms with Crippen molar-refractivity contribution in [2.45, 2.75) is 64.1 Å². The third kappa shape index (κ3) is 5.39. The molecular weight excluding hydrogens is 216 g/mol. The van der Waals surface area contributed by atoms with Crippen LogP contribution in [0.15, 0.2) is 0 Å². The maximum Gasteiger partial charge on any atom is 0.407 e. The third-order valence-electron chi connectivity index (χ3n) is 3.12. The van der Waals surface area contributed by atoms with Crippen LogP contribution in [0.5, 0.6) is 0 Å². The summed E-state index contributed by atoms with van der Waals surface area (Å²) in [5.74, 6) is 0. The molecule has 1 rings (SSSR count). The lowest BCUT2D eigenvalue weighted by atomic mass is 9.92. The van der Waals surface area contributed by atoms with Crippen molar-refractivity contribution in [1.82, 2.24) is 10.2 Å². The number of amides is 1. The van der Waals surface area contributed by atoms with Crippen LogP contribution in [0.25, 0.3) is 0 Å². The zero-order valence-electron chi connectivity index (χ0n) is 11.7. The molecule has 4 heteroatoms. The Bertz CT molecular complexity index is 251. The second kappa shape index (κ2) is 5.71. The van der Waals surface area contributed by atoms with Crippen molar-refractivity contribution in [2.24, 2.45) is 0 Å². The first-order valence-corrected chi connectivity index (χ1v) is 6.43. The normalized spacial score (nSPS) is 25.8. The molecule has 0 aliphatic heterocycles. The van der Waals surface area contributed by atoms with Gasteiger partial charge in [-0.25, -0.2) is 4.79 Å². The quantitative estimate of drug-likeness (QED) is 0.808. The first kappa shape index (κ1) is 14.3. The molecule has 0 aromatic heterocycles. The van der Waals surface area contributed by atoms with E-state index in [-0.39, 0.29) is 17.7 Å². The molecule has 100 valence electrons. The Morgan fingerprint density at radius 3 is 2.12 bits per heavy atom. The highest BCUT2D eigenvalue weighted by molar-refractivity contribution is 5.68. The fourth-order valence-corrected chi connectivity index (χ4v) is 2.17. The predicted molar refractivity (Wildman–Crippen MR) is 69.1 cm³/mol. The van der Waals surface area contributed by atoms with E-state index >= 15 is 0 Å². The zero-order chi connectivity index (χ0) is 13.1. The Morgan fingerprint density at radius 2 is 1.71 bits per heavy atom. The number of ether oxygens (including phenoxy) is 1. The Hall–Kier alpha value is -0.770. The average molecular weight is 242 g/mol. The molecule has 0 aromatic rings. The maximum absolute atomic E-state index is 11.6. The molecule has 0 saturated heterocycles. The predicted octanol–water partition coefficient (Wildman–Crippen LogP) is 2.38. The number of hydrogen-bond donors (Lipinski definition) is 1. The summed E-state index contributed by atoms with van der Waals surface area (Å²) in [4.78, 5) is 13.9. The minimum atomic E-state index is -0.286. The zero-order valence-corrected chi connectivity index (χ0v) is 11.7. The van der Waals surface area contributed by atoms with Crippen molar-refractivity contribution < 1.29 is 9.53 Å². The Morgan fingerprint density at radius 1 is 1.18 bits per heavy atom. The molecule has 1 N–H and O–H groups in total. The van der Waals surface area contributed by atoms with Crippen molar-refractivity contribution in [2.75, 3.05) is 14.1 Å². The van der Waals surface area contributed by atoms with Crippen LogP contribution in [-0.4, -0.2) is 42.8 Å². The number of hydrogen-bond acceptors (Lipinski definition) is 3. The number of carbonyl (C=O) groups is 1. The van der Waals surface area contributed by atoms with Gasteiger partial charge < -0.3 is 15.0 Å². The van der Waals surface area contributed by atoms with E-state index in [9.17, 15) is 4.79 Å². The molecule has 17 heavy (non-hydrogen) atoms. The lowest BCUT2D eigenvalue weighted by Gasteiger charge is -2.32. The lowest BCUT2D eigenvalue weighted by Crippen LogP contribution is -2.43. The number of nitrogens with one attached hydrogen (secondary N) is 1. The molecule has 0 spiro atoms. The van der Waals surface area contributed by atoms with Crippen molar-refractivity contribution in [3.05, 3.63) is 0 Å². The van der Waals surface area contributed by atoms with Crippen LogP contribution in [0, 0.1) is 0 Å². The van der Waals surface area contributed by atoms with Gasteiger partial charge in [0.1, 0.15) is 6.10 Å². The second-order valence-electron chi connectivity index (χ2n) is 6.17.